The number of pyridine rings is 1. The summed E-state index contributed by atoms with van der Waals surface area (Å²) in [7, 11) is 0. The zero-order valence-electron chi connectivity index (χ0n) is 12.9. The summed E-state index contributed by atoms with van der Waals surface area (Å²) < 4.78 is 1.58. The number of hydrogen-bond acceptors (Lipinski definition) is 5. The standard InChI is InChI=1S/C15H20N6O/c1-10-5-7-20(8-6-10)13-4-3-12(9-17-13)21-11(2)14(15(16)22)18-19-21/h3-4,9-10H,5-8H2,1-2H3,(H2,16,22). The number of carbonyl (C=O) groups is 1. The van der Waals surface area contributed by atoms with Crippen LogP contribution >= 0.6 is 0 Å². The second-order valence-corrected chi connectivity index (χ2v) is 5.84. The van der Waals surface area contributed by atoms with Crippen molar-refractivity contribution in [2.45, 2.75) is 26.7 Å². The van der Waals surface area contributed by atoms with Gasteiger partial charge in [-0.05, 0) is 37.8 Å². The van der Waals surface area contributed by atoms with Crippen molar-refractivity contribution in [1.29, 1.82) is 0 Å². The van der Waals surface area contributed by atoms with E-state index >= 15 is 0 Å². The lowest BCUT2D eigenvalue weighted by Crippen LogP contribution is -2.33. The fourth-order valence-corrected chi connectivity index (χ4v) is 2.73. The van der Waals surface area contributed by atoms with E-state index < -0.39 is 5.91 Å². The lowest BCUT2D eigenvalue weighted by molar-refractivity contribution is 0.0995. The molecule has 2 aromatic rings. The van der Waals surface area contributed by atoms with Gasteiger partial charge in [0.2, 0.25) is 0 Å². The van der Waals surface area contributed by atoms with Gasteiger partial charge in [0.25, 0.3) is 5.91 Å². The molecular formula is C15H20N6O. The van der Waals surface area contributed by atoms with Crippen molar-refractivity contribution >= 4 is 11.7 Å². The summed E-state index contributed by atoms with van der Waals surface area (Å²) in [5, 5.41) is 7.78. The van der Waals surface area contributed by atoms with Crippen LogP contribution in [-0.2, 0) is 0 Å². The molecule has 116 valence electrons. The molecule has 2 aromatic heterocycles. The van der Waals surface area contributed by atoms with Gasteiger partial charge in [0.05, 0.1) is 17.6 Å². The third-order valence-electron chi connectivity index (χ3n) is 4.21. The molecule has 1 amide bonds. The van der Waals surface area contributed by atoms with Gasteiger partial charge in [0.15, 0.2) is 5.69 Å². The second kappa shape index (κ2) is 5.75. The molecule has 0 unspecified atom stereocenters. The number of nitrogens with two attached hydrogens (primary N) is 1. The van der Waals surface area contributed by atoms with Gasteiger partial charge >= 0.3 is 0 Å². The molecule has 0 radical (unpaired) electrons. The summed E-state index contributed by atoms with van der Waals surface area (Å²) in [5.74, 6) is 1.19. The highest BCUT2D eigenvalue weighted by molar-refractivity contribution is 5.91. The zero-order chi connectivity index (χ0) is 15.7. The van der Waals surface area contributed by atoms with Gasteiger partial charge in [-0.25, -0.2) is 9.67 Å². The van der Waals surface area contributed by atoms with Gasteiger partial charge in [-0.15, -0.1) is 5.10 Å². The van der Waals surface area contributed by atoms with Crippen LogP contribution in [-0.4, -0.2) is 39.0 Å². The first-order chi connectivity index (χ1) is 10.6. The highest BCUT2D eigenvalue weighted by atomic mass is 16.1. The maximum atomic E-state index is 11.2. The number of nitrogens with zero attached hydrogens (tertiary/aromatic N) is 5. The molecule has 0 bridgehead atoms. The molecule has 0 aromatic carbocycles. The Labute approximate surface area is 129 Å². The third kappa shape index (κ3) is 2.66. The predicted octanol–water partition coefficient (Wildman–Crippen LogP) is 1.31. The molecule has 2 N–H and O–H groups in total. The second-order valence-electron chi connectivity index (χ2n) is 5.84. The molecule has 1 aliphatic rings. The van der Waals surface area contributed by atoms with E-state index in [2.05, 4.69) is 27.1 Å². The lowest BCUT2D eigenvalue weighted by Gasteiger charge is -2.31. The van der Waals surface area contributed by atoms with Gasteiger partial charge < -0.3 is 10.6 Å². The van der Waals surface area contributed by atoms with Crippen molar-refractivity contribution in [2.75, 3.05) is 18.0 Å². The topological polar surface area (TPSA) is 89.9 Å². The molecule has 1 aliphatic heterocycles. The number of amides is 1. The van der Waals surface area contributed by atoms with Crippen molar-refractivity contribution in [2.24, 2.45) is 11.7 Å². The summed E-state index contributed by atoms with van der Waals surface area (Å²) in [6, 6.07) is 3.92. The Morgan fingerprint density at radius 2 is 2.05 bits per heavy atom. The number of piperidine rings is 1. The van der Waals surface area contributed by atoms with E-state index in [1.54, 1.807) is 17.8 Å². The number of rotatable bonds is 3. The average molecular weight is 300 g/mol. The van der Waals surface area contributed by atoms with Gasteiger partial charge in [0.1, 0.15) is 5.82 Å². The quantitative estimate of drug-likeness (QED) is 0.923. The van der Waals surface area contributed by atoms with Crippen molar-refractivity contribution < 1.29 is 4.79 Å². The van der Waals surface area contributed by atoms with Crippen molar-refractivity contribution in [3.8, 4) is 5.69 Å². The fraction of sp³-hybridized carbons (Fsp3) is 0.467. The molecule has 3 rings (SSSR count). The Morgan fingerprint density at radius 1 is 1.32 bits per heavy atom. The summed E-state index contributed by atoms with van der Waals surface area (Å²) in [4.78, 5) is 18.1. The van der Waals surface area contributed by atoms with Crippen molar-refractivity contribution in [3.63, 3.8) is 0 Å². The van der Waals surface area contributed by atoms with Crippen molar-refractivity contribution in [3.05, 3.63) is 29.7 Å². The van der Waals surface area contributed by atoms with Crippen LogP contribution in [0, 0.1) is 12.8 Å². The Kier molecular flexibility index (Phi) is 3.79. The highest BCUT2D eigenvalue weighted by Crippen LogP contribution is 2.22. The first-order valence-electron chi connectivity index (χ1n) is 7.49. The van der Waals surface area contributed by atoms with E-state index in [1.165, 1.54) is 12.8 Å². The van der Waals surface area contributed by atoms with E-state index in [-0.39, 0.29) is 5.69 Å². The first-order valence-corrected chi connectivity index (χ1v) is 7.49. The maximum Gasteiger partial charge on any atom is 0.271 e. The molecule has 3 heterocycles. The summed E-state index contributed by atoms with van der Waals surface area (Å²) in [6.07, 6.45) is 4.15. The van der Waals surface area contributed by atoms with E-state index in [0.29, 0.717) is 5.69 Å². The molecule has 7 nitrogen and oxygen atoms in total. The van der Waals surface area contributed by atoms with E-state index in [1.807, 2.05) is 12.1 Å². The van der Waals surface area contributed by atoms with Gasteiger partial charge in [-0.2, -0.15) is 0 Å². The van der Waals surface area contributed by atoms with Gasteiger partial charge in [-0.1, -0.05) is 12.1 Å². The van der Waals surface area contributed by atoms with Crippen LogP contribution in [0.1, 0.15) is 35.9 Å². The minimum absolute atomic E-state index is 0.189. The largest absolute Gasteiger partial charge is 0.364 e. The minimum atomic E-state index is -0.573. The van der Waals surface area contributed by atoms with E-state index in [9.17, 15) is 4.79 Å². The van der Waals surface area contributed by atoms with Crippen LogP contribution in [0.3, 0.4) is 0 Å². The normalized spacial score (nSPS) is 16.0. The number of anilines is 1. The number of hydrogen-bond donors (Lipinski definition) is 1. The molecular weight excluding hydrogens is 280 g/mol. The highest BCUT2D eigenvalue weighted by Gasteiger charge is 2.18. The SMILES string of the molecule is Cc1c(C(N)=O)nnn1-c1ccc(N2CCC(C)CC2)nc1. The van der Waals surface area contributed by atoms with Crippen LogP contribution in [0.25, 0.3) is 5.69 Å². The minimum Gasteiger partial charge on any atom is -0.364 e. The maximum absolute atomic E-state index is 11.2. The molecule has 7 heteroatoms. The molecule has 1 fully saturated rings. The number of aromatic nitrogens is 4. The monoisotopic (exact) mass is 300 g/mol. The van der Waals surface area contributed by atoms with Crippen LogP contribution < -0.4 is 10.6 Å². The van der Waals surface area contributed by atoms with Crippen LogP contribution in [0.15, 0.2) is 18.3 Å². The molecule has 1 saturated heterocycles. The Morgan fingerprint density at radius 3 is 2.59 bits per heavy atom. The van der Waals surface area contributed by atoms with Crippen LogP contribution in [0.4, 0.5) is 5.82 Å². The Balaban J connectivity index is 1.81. The molecule has 0 aliphatic carbocycles. The van der Waals surface area contributed by atoms with Crippen LogP contribution in [0.2, 0.25) is 0 Å². The average Bonchev–Trinajstić information content (AvgIpc) is 2.90. The molecule has 22 heavy (non-hydrogen) atoms. The van der Waals surface area contributed by atoms with Gasteiger partial charge in [-0.3, -0.25) is 4.79 Å². The molecule has 0 spiro atoms. The number of primary amides is 1. The Bertz CT molecular complexity index is 670. The number of carbonyl (C=O) groups excluding carboxylic acids is 1. The fourth-order valence-electron chi connectivity index (χ4n) is 2.73. The Hall–Kier alpha value is -2.44. The van der Waals surface area contributed by atoms with E-state index in [4.69, 9.17) is 5.73 Å². The smallest absolute Gasteiger partial charge is 0.271 e. The summed E-state index contributed by atoms with van der Waals surface area (Å²) in [5.41, 5.74) is 6.84. The zero-order valence-corrected chi connectivity index (χ0v) is 12.9. The van der Waals surface area contributed by atoms with Crippen LogP contribution in [0.5, 0.6) is 0 Å². The predicted molar refractivity (Wildman–Crippen MR) is 83.0 cm³/mol. The molecule has 0 saturated carbocycles. The van der Waals surface area contributed by atoms with Gasteiger partial charge in [0, 0.05) is 13.1 Å². The van der Waals surface area contributed by atoms with Crippen molar-refractivity contribution in [1.82, 2.24) is 20.0 Å². The van der Waals surface area contributed by atoms with E-state index in [0.717, 1.165) is 30.5 Å². The summed E-state index contributed by atoms with van der Waals surface area (Å²) >= 11 is 0. The lowest BCUT2D eigenvalue weighted by atomic mass is 9.99. The summed E-state index contributed by atoms with van der Waals surface area (Å²) in [6.45, 7) is 6.14. The first kappa shape index (κ1) is 14.5. The third-order valence-corrected chi connectivity index (χ3v) is 4.21. The molecule has 0 atom stereocenters.